The van der Waals surface area contributed by atoms with E-state index in [1.807, 2.05) is 45.9 Å². The number of ether oxygens (including phenoxy) is 2. The summed E-state index contributed by atoms with van der Waals surface area (Å²) in [5.74, 6) is 0.600. The molecule has 0 aliphatic carbocycles. The third-order valence-corrected chi connectivity index (χ3v) is 3.83. The van der Waals surface area contributed by atoms with Crippen LogP contribution < -0.4 is 20.1 Å². The van der Waals surface area contributed by atoms with Gasteiger partial charge in [0.2, 0.25) is 5.91 Å². The molecule has 0 spiro atoms. The van der Waals surface area contributed by atoms with Crippen molar-refractivity contribution >= 4 is 23.2 Å². The summed E-state index contributed by atoms with van der Waals surface area (Å²) in [5.41, 5.74) is 3.27. The van der Waals surface area contributed by atoms with Crippen molar-refractivity contribution < 1.29 is 19.1 Å². The average molecular weight is 370 g/mol. The standard InChI is InChI=1S/C21H26N2O4/c1-13(2)21(25)23-18-7-6-16(11-19(18)26-5)22-20(24)12-27-17-9-14(3)8-15(4)10-17/h6-11,13H,12H2,1-5H3,(H,22,24)(H,23,25). The number of hydrogen-bond donors (Lipinski definition) is 2. The summed E-state index contributed by atoms with van der Waals surface area (Å²) < 4.78 is 10.9. The number of benzene rings is 2. The molecule has 6 nitrogen and oxygen atoms in total. The molecule has 2 aromatic rings. The molecule has 0 aromatic heterocycles. The Morgan fingerprint density at radius 2 is 1.67 bits per heavy atom. The van der Waals surface area contributed by atoms with E-state index in [-0.39, 0.29) is 24.3 Å². The van der Waals surface area contributed by atoms with E-state index in [1.54, 1.807) is 18.2 Å². The molecule has 0 aliphatic rings. The van der Waals surface area contributed by atoms with E-state index in [9.17, 15) is 9.59 Å². The molecule has 27 heavy (non-hydrogen) atoms. The van der Waals surface area contributed by atoms with Crippen molar-refractivity contribution in [2.75, 3.05) is 24.4 Å². The molecule has 2 N–H and O–H groups in total. The molecular weight excluding hydrogens is 344 g/mol. The van der Waals surface area contributed by atoms with Crippen LogP contribution in [0.4, 0.5) is 11.4 Å². The molecule has 144 valence electrons. The van der Waals surface area contributed by atoms with Gasteiger partial charge in [-0.05, 0) is 49.2 Å². The highest BCUT2D eigenvalue weighted by Crippen LogP contribution is 2.28. The van der Waals surface area contributed by atoms with Gasteiger partial charge in [0.15, 0.2) is 6.61 Å². The highest BCUT2D eigenvalue weighted by molar-refractivity contribution is 5.95. The highest BCUT2D eigenvalue weighted by atomic mass is 16.5. The summed E-state index contributed by atoms with van der Waals surface area (Å²) in [6, 6.07) is 10.9. The zero-order chi connectivity index (χ0) is 20.0. The smallest absolute Gasteiger partial charge is 0.262 e. The lowest BCUT2D eigenvalue weighted by Crippen LogP contribution is -2.20. The number of rotatable bonds is 7. The lowest BCUT2D eigenvalue weighted by molar-refractivity contribution is -0.119. The number of aryl methyl sites for hydroxylation is 2. The van der Waals surface area contributed by atoms with Gasteiger partial charge < -0.3 is 20.1 Å². The van der Waals surface area contributed by atoms with E-state index < -0.39 is 0 Å². The van der Waals surface area contributed by atoms with Crippen LogP contribution in [-0.4, -0.2) is 25.5 Å². The van der Waals surface area contributed by atoms with Crippen molar-refractivity contribution in [3.05, 3.63) is 47.5 Å². The topological polar surface area (TPSA) is 76.7 Å². The second-order valence-electron chi connectivity index (χ2n) is 6.72. The lowest BCUT2D eigenvalue weighted by atomic mass is 10.1. The fourth-order valence-electron chi connectivity index (χ4n) is 2.51. The SMILES string of the molecule is COc1cc(NC(=O)COc2cc(C)cc(C)c2)ccc1NC(=O)C(C)C. The van der Waals surface area contributed by atoms with E-state index >= 15 is 0 Å². The highest BCUT2D eigenvalue weighted by Gasteiger charge is 2.12. The van der Waals surface area contributed by atoms with Crippen LogP contribution in [0.15, 0.2) is 36.4 Å². The third-order valence-electron chi connectivity index (χ3n) is 3.83. The van der Waals surface area contributed by atoms with Crippen LogP contribution >= 0.6 is 0 Å². The summed E-state index contributed by atoms with van der Waals surface area (Å²) in [6.45, 7) is 7.48. The quantitative estimate of drug-likeness (QED) is 0.774. The first-order valence-electron chi connectivity index (χ1n) is 8.78. The number of hydrogen-bond acceptors (Lipinski definition) is 4. The number of amides is 2. The Morgan fingerprint density at radius 3 is 2.26 bits per heavy atom. The second-order valence-corrected chi connectivity index (χ2v) is 6.72. The molecule has 6 heteroatoms. The average Bonchev–Trinajstić information content (AvgIpc) is 2.60. The number of carbonyl (C=O) groups excluding carboxylic acids is 2. The predicted octanol–water partition coefficient (Wildman–Crippen LogP) is 3.92. The maximum absolute atomic E-state index is 12.2. The molecule has 2 rings (SSSR count). The van der Waals surface area contributed by atoms with Crippen molar-refractivity contribution in [3.8, 4) is 11.5 Å². The van der Waals surface area contributed by atoms with E-state index in [0.717, 1.165) is 11.1 Å². The molecule has 0 radical (unpaired) electrons. The Labute approximate surface area is 159 Å². The van der Waals surface area contributed by atoms with Gasteiger partial charge in [0.1, 0.15) is 11.5 Å². The monoisotopic (exact) mass is 370 g/mol. The van der Waals surface area contributed by atoms with Gasteiger partial charge in [-0.25, -0.2) is 0 Å². The van der Waals surface area contributed by atoms with Crippen molar-refractivity contribution in [2.24, 2.45) is 5.92 Å². The van der Waals surface area contributed by atoms with E-state index in [2.05, 4.69) is 10.6 Å². The maximum atomic E-state index is 12.2. The van der Waals surface area contributed by atoms with Crippen molar-refractivity contribution in [2.45, 2.75) is 27.7 Å². The van der Waals surface area contributed by atoms with Crippen LogP contribution in [0.3, 0.4) is 0 Å². The summed E-state index contributed by atoms with van der Waals surface area (Å²) in [6.07, 6.45) is 0. The molecule has 0 bridgehead atoms. The first-order valence-corrected chi connectivity index (χ1v) is 8.78. The van der Waals surface area contributed by atoms with Gasteiger partial charge >= 0.3 is 0 Å². The molecule has 2 amide bonds. The van der Waals surface area contributed by atoms with Gasteiger partial charge in [-0.1, -0.05) is 19.9 Å². The minimum Gasteiger partial charge on any atom is -0.494 e. The summed E-state index contributed by atoms with van der Waals surface area (Å²) >= 11 is 0. The van der Waals surface area contributed by atoms with Gasteiger partial charge in [0.05, 0.1) is 12.8 Å². The Kier molecular flexibility index (Phi) is 6.82. The van der Waals surface area contributed by atoms with Crippen LogP contribution in [0.1, 0.15) is 25.0 Å². The second kappa shape index (κ2) is 9.07. The molecule has 0 heterocycles. The first kappa shape index (κ1) is 20.3. The predicted molar refractivity (Wildman–Crippen MR) is 107 cm³/mol. The zero-order valence-electron chi connectivity index (χ0n) is 16.4. The number of anilines is 2. The molecule has 0 unspecified atom stereocenters. The van der Waals surface area contributed by atoms with Crippen LogP contribution in [0.2, 0.25) is 0 Å². The maximum Gasteiger partial charge on any atom is 0.262 e. The summed E-state index contributed by atoms with van der Waals surface area (Å²) in [5, 5.41) is 5.56. The molecular formula is C21H26N2O4. The van der Waals surface area contributed by atoms with Gasteiger partial charge in [0.25, 0.3) is 5.91 Å². The summed E-state index contributed by atoms with van der Waals surface area (Å²) in [4.78, 5) is 24.0. The van der Waals surface area contributed by atoms with Crippen LogP contribution in [0, 0.1) is 19.8 Å². The van der Waals surface area contributed by atoms with E-state index in [1.165, 1.54) is 7.11 Å². The minimum absolute atomic E-state index is 0.100. The number of methoxy groups -OCH3 is 1. The molecule has 0 saturated heterocycles. The number of nitrogens with one attached hydrogen (secondary N) is 2. The fourth-order valence-corrected chi connectivity index (χ4v) is 2.51. The Morgan fingerprint density at radius 1 is 1.00 bits per heavy atom. The fraction of sp³-hybridized carbons (Fsp3) is 0.333. The minimum atomic E-state index is -0.282. The Hall–Kier alpha value is -3.02. The molecule has 0 fully saturated rings. The molecule has 2 aromatic carbocycles. The molecule has 0 aliphatic heterocycles. The van der Waals surface area contributed by atoms with Gasteiger partial charge in [-0.2, -0.15) is 0 Å². The largest absolute Gasteiger partial charge is 0.494 e. The zero-order valence-corrected chi connectivity index (χ0v) is 16.4. The number of carbonyl (C=O) groups is 2. The van der Waals surface area contributed by atoms with Crippen LogP contribution in [0.5, 0.6) is 11.5 Å². The van der Waals surface area contributed by atoms with Crippen molar-refractivity contribution in [1.82, 2.24) is 0 Å². The summed E-state index contributed by atoms with van der Waals surface area (Å²) in [7, 11) is 1.51. The molecule has 0 atom stereocenters. The van der Waals surface area contributed by atoms with Gasteiger partial charge in [-0.3, -0.25) is 9.59 Å². The van der Waals surface area contributed by atoms with Crippen LogP contribution in [0.25, 0.3) is 0 Å². The van der Waals surface area contributed by atoms with E-state index in [4.69, 9.17) is 9.47 Å². The third kappa shape index (κ3) is 6.02. The molecule has 0 saturated carbocycles. The first-order chi connectivity index (χ1) is 12.8. The lowest BCUT2D eigenvalue weighted by Gasteiger charge is -2.14. The van der Waals surface area contributed by atoms with Gasteiger partial charge in [0, 0.05) is 17.7 Å². The van der Waals surface area contributed by atoms with Crippen LogP contribution in [-0.2, 0) is 9.59 Å². The van der Waals surface area contributed by atoms with E-state index in [0.29, 0.717) is 22.9 Å². The van der Waals surface area contributed by atoms with Crippen molar-refractivity contribution in [3.63, 3.8) is 0 Å². The normalized spacial score (nSPS) is 10.4. The Balaban J connectivity index is 1.99. The van der Waals surface area contributed by atoms with Crippen molar-refractivity contribution in [1.29, 1.82) is 0 Å². The Bertz CT molecular complexity index is 811. The van der Waals surface area contributed by atoms with Gasteiger partial charge in [-0.15, -0.1) is 0 Å².